The summed E-state index contributed by atoms with van der Waals surface area (Å²) < 4.78 is 0. The molecule has 16 aliphatic carbocycles. The van der Waals surface area contributed by atoms with Crippen LogP contribution < -0.4 is 20.4 Å². The number of hydrogen-bond acceptors (Lipinski definition) is 16. The molecule has 534 valence electrons. The van der Waals surface area contributed by atoms with Gasteiger partial charge in [0, 0.05) is 0 Å². The molecule has 0 saturated heterocycles. The zero-order valence-electron chi connectivity index (χ0n) is 56.4. The van der Waals surface area contributed by atoms with Crippen molar-refractivity contribution >= 4 is 71.1 Å². The van der Waals surface area contributed by atoms with E-state index in [1.165, 1.54) is 77.0 Å². The van der Waals surface area contributed by atoms with E-state index in [1.54, 1.807) is 97.1 Å². The molecule has 20 nitrogen and oxygen atoms in total. The molecule has 0 N–H and O–H groups in total. The average molecular weight is 1560 g/mol. The molecule has 16 bridgehead atoms. The average Bonchev–Trinajstić information content (AvgIpc) is 1.33. The van der Waals surface area contributed by atoms with Crippen molar-refractivity contribution < 1.29 is 117 Å². The van der Waals surface area contributed by atoms with Crippen LogP contribution in [0.5, 0.6) is 0 Å². The number of nitrogens with zero attached hydrogens (tertiary/aromatic N) is 4. The van der Waals surface area contributed by atoms with E-state index in [-0.39, 0.29) is 39.0 Å². The zero-order chi connectivity index (χ0) is 69.4. The number of hydrogen-bond donors (Lipinski definition) is 0. The number of rotatable bonds is 12. The van der Waals surface area contributed by atoms with Gasteiger partial charge in [0.15, 0.2) is 0 Å². The van der Waals surface area contributed by atoms with E-state index in [9.17, 15) is 78.0 Å². The summed E-state index contributed by atoms with van der Waals surface area (Å²) in [6.07, 6.45) is 23.6. The van der Waals surface area contributed by atoms with Gasteiger partial charge in [0.2, 0.25) is 0 Å². The smallest absolute Gasteiger partial charge is 0.548 e. The molecule has 4 heterocycles. The van der Waals surface area contributed by atoms with Crippen LogP contribution in [0.3, 0.4) is 0 Å². The number of benzene rings is 4. The van der Waals surface area contributed by atoms with E-state index in [1.807, 2.05) is 0 Å². The minimum absolute atomic E-state index is 0. The van der Waals surface area contributed by atoms with Crippen molar-refractivity contribution in [2.45, 2.75) is 178 Å². The summed E-state index contributed by atoms with van der Waals surface area (Å²) in [6.45, 7) is 0. The van der Waals surface area contributed by atoms with E-state index < -0.39 is 117 Å². The third-order valence-corrected chi connectivity index (χ3v) is 27.9. The Hall–Kier alpha value is -7.43. The fraction of sp³-hybridized carbons (Fsp3) is 0.550. The van der Waals surface area contributed by atoms with Crippen LogP contribution in [0.2, 0.25) is 0 Å². The van der Waals surface area contributed by atoms with Gasteiger partial charge in [-0.3, -0.25) is 58.0 Å². The molecule has 4 aromatic rings. The molecule has 4 atom stereocenters. The second-order valence-electron chi connectivity index (χ2n) is 34.1. The van der Waals surface area contributed by atoms with Crippen molar-refractivity contribution in [3.05, 3.63) is 142 Å². The van der Waals surface area contributed by atoms with E-state index >= 15 is 0 Å². The standard InChI is InChI=1S/4C20H21NO4.2Rh/c4*22-17-14-3-1-2-4-15(14)18(23)21(17)16(19(24)25)20-8-11-5-12(9-20)7-13(6-11)10-20;;/h4*1-4,11-13,16H,5-10H2,(H,24,25);;/q;;;;2*+2/p-4/t11?,12?,13?,16-,20?;;;;;/m0...../s1. The van der Waals surface area contributed by atoms with Gasteiger partial charge in [-0.05, 0) is 295 Å². The van der Waals surface area contributed by atoms with E-state index in [0.717, 1.165) is 96.6 Å². The summed E-state index contributed by atoms with van der Waals surface area (Å²) in [6, 6.07) is 21.8. The molecule has 16 saturated carbocycles. The van der Waals surface area contributed by atoms with Crippen LogP contribution in [-0.2, 0) is 58.1 Å². The van der Waals surface area contributed by atoms with Crippen molar-refractivity contribution in [2.75, 3.05) is 0 Å². The molecule has 0 spiro atoms. The number of carboxylic acid groups (broad SMARTS) is 4. The maximum atomic E-state index is 12.9. The summed E-state index contributed by atoms with van der Waals surface area (Å²) in [5, 5.41) is 48.7. The molecular weight excluding hydrogens is 1480 g/mol. The van der Waals surface area contributed by atoms with Gasteiger partial charge in [0.05, 0.1) is 92.6 Å². The van der Waals surface area contributed by atoms with Crippen LogP contribution in [0, 0.1) is 92.7 Å². The molecule has 3 unspecified atom stereocenters. The third-order valence-electron chi connectivity index (χ3n) is 27.9. The molecule has 102 heavy (non-hydrogen) atoms. The maximum Gasteiger partial charge on any atom is 2.00 e. The molecule has 2 radical (unpaired) electrons. The summed E-state index contributed by atoms with van der Waals surface area (Å²) in [4.78, 5) is 156. The van der Waals surface area contributed by atoms with Gasteiger partial charge < -0.3 is 39.6 Å². The predicted molar refractivity (Wildman–Crippen MR) is 345 cm³/mol. The first-order chi connectivity index (χ1) is 47.9. The summed E-state index contributed by atoms with van der Waals surface area (Å²) >= 11 is 0. The second-order valence-corrected chi connectivity index (χ2v) is 34.1. The number of carboxylic acids is 4. The first-order valence-electron chi connectivity index (χ1n) is 36.6. The van der Waals surface area contributed by atoms with Crippen LogP contribution >= 0.6 is 0 Å². The number of aliphatic carboxylic acids is 4. The van der Waals surface area contributed by atoms with Crippen molar-refractivity contribution in [3.8, 4) is 0 Å². The molecule has 8 amide bonds. The van der Waals surface area contributed by atoms with Gasteiger partial charge >= 0.3 is 39.0 Å². The monoisotopic (exact) mass is 1560 g/mol. The van der Waals surface area contributed by atoms with Crippen LogP contribution in [0.1, 0.15) is 237 Å². The van der Waals surface area contributed by atoms with Gasteiger partial charge in [0.1, 0.15) is 0 Å². The first kappa shape index (κ1) is 70.2. The molecule has 4 aliphatic heterocycles. The maximum absolute atomic E-state index is 12.9. The Morgan fingerprint density at radius 2 is 0.353 bits per heavy atom. The van der Waals surface area contributed by atoms with E-state index in [4.69, 9.17) is 0 Å². The quantitative estimate of drug-likeness (QED) is 0.108. The third kappa shape index (κ3) is 11.1. The molecule has 20 aliphatic rings. The number of fused-ring (bicyclic) bond motifs is 4. The largest absolute Gasteiger partial charge is 2.00 e. The number of imide groups is 4. The molecule has 4 aromatic carbocycles. The Bertz CT molecular complexity index is 3460. The Morgan fingerprint density at radius 3 is 0.451 bits per heavy atom. The summed E-state index contributed by atoms with van der Waals surface area (Å²) in [5.74, 6) is -2.60. The van der Waals surface area contributed by atoms with Crippen molar-refractivity contribution in [2.24, 2.45) is 92.7 Å². The van der Waals surface area contributed by atoms with E-state index in [2.05, 4.69) is 0 Å². The molecule has 16 fully saturated rings. The number of amides is 8. The van der Waals surface area contributed by atoms with Gasteiger partial charge in [-0.15, -0.1) is 0 Å². The topological polar surface area (TPSA) is 310 Å². The minimum atomic E-state index is -1.28. The van der Waals surface area contributed by atoms with Crippen molar-refractivity contribution in [1.29, 1.82) is 0 Å². The fourth-order valence-electron chi connectivity index (χ4n) is 26.3. The van der Waals surface area contributed by atoms with Gasteiger partial charge in [-0.25, -0.2) is 0 Å². The zero-order valence-corrected chi connectivity index (χ0v) is 59.7. The van der Waals surface area contributed by atoms with E-state index in [0.29, 0.717) is 116 Å². The summed E-state index contributed by atoms with van der Waals surface area (Å²) in [5.41, 5.74) is 0.474. The second kappa shape index (κ2) is 25.7. The van der Waals surface area contributed by atoms with Crippen LogP contribution in [-0.4, -0.2) is 115 Å². The van der Waals surface area contributed by atoms with Crippen molar-refractivity contribution in [3.63, 3.8) is 0 Å². The number of carbonyl (C=O) groups excluding carboxylic acids is 12. The molecule has 24 rings (SSSR count). The van der Waals surface area contributed by atoms with Crippen LogP contribution in [0.4, 0.5) is 0 Å². The van der Waals surface area contributed by atoms with Gasteiger partial charge in [-0.1, -0.05) is 48.5 Å². The predicted octanol–water partition coefficient (Wildman–Crippen LogP) is 6.47. The SMILES string of the molecule is O=C([O-])C(N1C(=O)c2ccccc2C1=O)C12CC3CC(CC(C3)C1)C2.O=C([O-])C(N1C(=O)c2ccccc2C1=O)C12CC3CC(CC(C3)C1)C2.O=C([O-])C(N1C(=O)c2ccccc2C1=O)C12CC3CC(CC(C3)C1)C2.O=C([O-])[C@H](N1C(=O)c2ccccc2C1=O)C12CC3CC(CC(C3)C1)C2.[Rh+2].[Rh+2]. The Morgan fingerprint density at radius 1 is 0.245 bits per heavy atom. The van der Waals surface area contributed by atoms with Crippen LogP contribution in [0.25, 0.3) is 0 Å². The minimum Gasteiger partial charge on any atom is -0.548 e. The first-order valence-corrected chi connectivity index (χ1v) is 36.6. The van der Waals surface area contributed by atoms with Crippen LogP contribution in [0.15, 0.2) is 97.1 Å². The molecular formula is C80H80N4O16Rh2. The summed E-state index contributed by atoms with van der Waals surface area (Å²) in [7, 11) is 0. The Labute approximate surface area is 616 Å². The van der Waals surface area contributed by atoms with Gasteiger partial charge in [-0.2, -0.15) is 0 Å². The molecule has 22 heteroatoms. The Kier molecular flexibility index (Phi) is 17.7. The van der Waals surface area contributed by atoms with Crippen molar-refractivity contribution in [1.82, 2.24) is 19.6 Å². The van der Waals surface area contributed by atoms with Gasteiger partial charge in [0.25, 0.3) is 47.3 Å². The Balaban J connectivity index is 0.000000109. The normalized spacial score (nSPS) is 35.9. The number of carbonyl (C=O) groups is 12. The fourth-order valence-corrected chi connectivity index (χ4v) is 26.3. The molecule has 0 aromatic heterocycles.